The number of benzene rings is 2. The monoisotopic (exact) mass is 481 g/mol. The second kappa shape index (κ2) is 10.7. The molecule has 2 N–H and O–H groups in total. The Morgan fingerprint density at radius 3 is 1.69 bits per heavy atom. The lowest BCUT2D eigenvalue weighted by Gasteiger charge is -2.09. The second-order valence-electron chi connectivity index (χ2n) is 7.60. The predicted molar refractivity (Wildman–Crippen MR) is 133 cm³/mol. The Morgan fingerprint density at radius 1 is 0.743 bits per heavy atom. The molecule has 35 heavy (non-hydrogen) atoms. The molecular formula is C26H29N2O7+. The van der Waals surface area contributed by atoms with Gasteiger partial charge in [0, 0.05) is 29.3 Å². The summed E-state index contributed by atoms with van der Waals surface area (Å²) in [6, 6.07) is 8.29. The molecule has 3 rings (SSSR count). The van der Waals surface area contributed by atoms with Gasteiger partial charge in [-0.1, -0.05) is 0 Å². The maximum absolute atomic E-state index is 12.8. The van der Waals surface area contributed by atoms with Crippen LogP contribution in [0, 0.1) is 0 Å². The Labute approximate surface area is 203 Å². The molecule has 9 heteroatoms. The summed E-state index contributed by atoms with van der Waals surface area (Å²) in [6.45, 7) is 0. The van der Waals surface area contributed by atoms with Crippen molar-refractivity contribution in [2.24, 2.45) is 14.1 Å². The first-order valence-corrected chi connectivity index (χ1v) is 10.6. The number of hydrogen-bond donors (Lipinski definition) is 2. The first-order chi connectivity index (χ1) is 16.7. The standard InChI is InChI=1S/C26H28N2O7/c1-27-18(9-7-16-11-20(32-3)14-22(34-5)24(16)29)13-19(28(2)26(27)31)10-8-17-12-21(33-4)15-23(35-6)25(17)30/h7-15H,1-6H3,(H,29,30)/p+1. The molecule has 0 radical (unpaired) electrons. The van der Waals surface area contributed by atoms with Crippen LogP contribution in [0.3, 0.4) is 0 Å². The number of methoxy groups -OCH3 is 4. The molecule has 184 valence electrons. The summed E-state index contributed by atoms with van der Waals surface area (Å²) >= 11 is 0. The number of hydrogen-bond acceptors (Lipinski definition) is 7. The van der Waals surface area contributed by atoms with Crippen molar-refractivity contribution in [3.63, 3.8) is 0 Å². The van der Waals surface area contributed by atoms with Crippen LogP contribution in [0.1, 0.15) is 22.5 Å². The summed E-state index contributed by atoms with van der Waals surface area (Å²) in [5.41, 5.74) is 1.84. The number of phenolic OH excluding ortho intramolecular Hbond substituents is 2. The minimum Gasteiger partial charge on any atom is -0.504 e. The maximum atomic E-state index is 12.8. The molecule has 0 saturated heterocycles. The Kier molecular flexibility index (Phi) is 7.70. The molecule has 0 aliphatic rings. The highest BCUT2D eigenvalue weighted by atomic mass is 16.5. The molecule has 1 aromatic heterocycles. The van der Waals surface area contributed by atoms with Crippen molar-refractivity contribution in [3.8, 4) is 34.5 Å². The molecule has 0 amide bonds. The summed E-state index contributed by atoms with van der Waals surface area (Å²) in [4.78, 5) is 12.8. The summed E-state index contributed by atoms with van der Waals surface area (Å²) < 4.78 is 23.9. The van der Waals surface area contributed by atoms with E-state index in [1.807, 2.05) is 0 Å². The van der Waals surface area contributed by atoms with Gasteiger partial charge in [0.05, 0.1) is 42.5 Å². The molecule has 0 saturated carbocycles. The van der Waals surface area contributed by atoms with Gasteiger partial charge in [-0.15, -0.1) is 0 Å². The van der Waals surface area contributed by atoms with Crippen molar-refractivity contribution < 1.29 is 33.7 Å². The van der Waals surface area contributed by atoms with Gasteiger partial charge >= 0.3 is 5.69 Å². The van der Waals surface area contributed by atoms with E-state index in [0.29, 0.717) is 34.0 Å². The fourth-order valence-corrected chi connectivity index (χ4v) is 3.47. The van der Waals surface area contributed by atoms with Gasteiger partial charge in [-0.25, -0.2) is 0 Å². The van der Waals surface area contributed by atoms with Crippen LogP contribution in [-0.2, 0) is 14.1 Å². The average molecular weight is 482 g/mol. The quantitative estimate of drug-likeness (QED) is 0.477. The van der Waals surface area contributed by atoms with Crippen molar-refractivity contribution in [2.75, 3.05) is 28.4 Å². The van der Waals surface area contributed by atoms with E-state index < -0.39 is 0 Å². The van der Waals surface area contributed by atoms with Crippen molar-refractivity contribution in [1.29, 1.82) is 0 Å². The number of phenols is 2. The Hall–Kier alpha value is -4.40. The fourth-order valence-electron chi connectivity index (χ4n) is 3.47. The molecule has 2 aromatic carbocycles. The van der Waals surface area contributed by atoms with Crippen LogP contribution in [0.5, 0.6) is 34.5 Å². The third-order valence-corrected chi connectivity index (χ3v) is 5.58. The minimum atomic E-state index is -0.258. The highest BCUT2D eigenvalue weighted by Gasteiger charge is 2.15. The van der Waals surface area contributed by atoms with Gasteiger partial charge in [-0.05, 0) is 36.4 Å². The van der Waals surface area contributed by atoms with Crippen LogP contribution in [0.2, 0.25) is 0 Å². The van der Waals surface area contributed by atoms with Crippen molar-refractivity contribution >= 4 is 24.3 Å². The van der Waals surface area contributed by atoms with Crippen LogP contribution in [0.4, 0.5) is 0 Å². The lowest BCUT2D eigenvalue weighted by Crippen LogP contribution is -2.53. The average Bonchev–Trinajstić information content (AvgIpc) is 2.87. The Balaban J connectivity index is 2.05. The van der Waals surface area contributed by atoms with Crippen LogP contribution >= 0.6 is 0 Å². The van der Waals surface area contributed by atoms with Crippen molar-refractivity contribution in [3.05, 3.63) is 63.3 Å². The lowest BCUT2D eigenvalue weighted by atomic mass is 10.1. The first kappa shape index (κ1) is 25.2. The zero-order valence-electron chi connectivity index (χ0n) is 20.5. The molecule has 0 unspecified atom stereocenters. The van der Waals surface area contributed by atoms with E-state index in [0.717, 1.165) is 0 Å². The van der Waals surface area contributed by atoms with Crippen molar-refractivity contribution in [1.82, 2.24) is 4.57 Å². The summed E-state index contributed by atoms with van der Waals surface area (Å²) in [5.74, 6) is 1.50. The van der Waals surface area contributed by atoms with Crippen LogP contribution in [0.15, 0.2) is 35.1 Å². The van der Waals surface area contributed by atoms with Gasteiger partial charge in [-0.2, -0.15) is 13.9 Å². The highest BCUT2D eigenvalue weighted by molar-refractivity contribution is 5.76. The fraction of sp³-hybridized carbons (Fsp3) is 0.231. The molecule has 0 aliphatic carbocycles. The second-order valence-corrected chi connectivity index (χ2v) is 7.60. The molecule has 0 aliphatic heterocycles. The Bertz CT molecular complexity index is 1260. The van der Waals surface area contributed by atoms with E-state index in [1.54, 1.807) is 68.7 Å². The lowest BCUT2D eigenvalue weighted by molar-refractivity contribution is -0.692. The SMILES string of the molecule is COc1cc(C=Cc2cc(C=Cc3cc(OC)cc(OC)c3O)[n+](C)c(=O)n2C)c(O)c(OC)c1. The largest absolute Gasteiger partial charge is 0.504 e. The zero-order valence-corrected chi connectivity index (χ0v) is 20.5. The molecule has 0 spiro atoms. The van der Waals surface area contributed by atoms with E-state index in [4.69, 9.17) is 18.9 Å². The number of aromatic nitrogens is 2. The van der Waals surface area contributed by atoms with E-state index in [-0.39, 0.29) is 28.7 Å². The number of aromatic hydroxyl groups is 2. The van der Waals surface area contributed by atoms with Gasteiger partial charge in [0.15, 0.2) is 23.0 Å². The third kappa shape index (κ3) is 5.24. The zero-order chi connectivity index (χ0) is 25.7. The summed E-state index contributed by atoms with van der Waals surface area (Å²) in [6.07, 6.45) is 6.75. The van der Waals surface area contributed by atoms with Crippen LogP contribution in [-0.4, -0.2) is 43.2 Å². The molecular weight excluding hydrogens is 452 g/mol. The molecule has 0 atom stereocenters. The van der Waals surface area contributed by atoms with Crippen LogP contribution in [0.25, 0.3) is 24.3 Å². The summed E-state index contributed by atoms with van der Waals surface area (Å²) in [5, 5.41) is 20.9. The van der Waals surface area contributed by atoms with Gasteiger partial charge in [-0.3, -0.25) is 0 Å². The number of nitrogens with zero attached hydrogens (tertiary/aromatic N) is 2. The maximum Gasteiger partial charge on any atom is 0.498 e. The summed E-state index contributed by atoms with van der Waals surface area (Å²) in [7, 11) is 9.26. The number of ether oxygens (including phenoxy) is 4. The molecule has 0 bridgehead atoms. The Morgan fingerprint density at radius 2 is 1.23 bits per heavy atom. The van der Waals surface area contributed by atoms with Crippen LogP contribution < -0.4 is 29.2 Å². The molecule has 9 nitrogen and oxygen atoms in total. The first-order valence-electron chi connectivity index (χ1n) is 10.6. The van der Waals surface area contributed by atoms with Gasteiger partial charge < -0.3 is 29.2 Å². The topological polar surface area (TPSA) is 103 Å². The number of rotatable bonds is 8. The molecule has 3 aromatic rings. The van der Waals surface area contributed by atoms with Gasteiger partial charge in [0.1, 0.15) is 22.9 Å². The van der Waals surface area contributed by atoms with Crippen molar-refractivity contribution in [2.45, 2.75) is 0 Å². The van der Waals surface area contributed by atoms with E-state index in [2.05, 4.69) is 0 Å². The predicted octanol–water partition coefficient (Wildman–Crippen LogP) is 3.00. The normalized spacial score (nSPS) is 11.3. The highest BCUT2D eigenvalue weighted by Crippen LogP contribution is 2.36. The third-order valence-electron chi connectivity index (χ3n) is 5.58. The van der Waals surface area contributed by atoms with Gasteiger partial charge in [0.2, 0.25) is 0 Å². The smallest absolute Gasteiger partial charge is 0.498 e. The van der Waals surface area contributed by atoms with E-state index in [1.165, 1.54) is 37.6 Å². The molecule has 0 fully saturated rings. The minimum absolute atomic E-state index is 0.0430. The van der Waals surface area contributed by atoms with Gasteiger partial charge in [0.25, 0.3) is 0 Å². The van der Waals surface area contributed by atoms with E-state index in [9.17, 15) is 15.0 Å². The van der Waals surface area contributed by atoms with E-state index >= 15 is 0 Å². The molecule has 1 heterocycles.